The smallest absolute Gasteiger partial charge is 0.252 e. The van der Waals surface area contributed by atoms with E-state index in [4.69, 9.17) is 0 Å². The Balaban J connectivity index is 0.807. The van der Waals surface area contributed by atoms with E-state index < -0.39 is 16.1 Å². The summed E-state index contributed by atoms with van der Waals surface area (Å²) in [6.07, 6.45) is 0. The minimum atomic E-state index is -3.10. The van der Waals surface area contributed by atoms with Crippen molar-refractivity contribution in [2.75, 3.05) is 9.80 Å². The van der Waals surface area contributed by atoms with Crippen LogP contribution >= 0.6 is 0 Å². The van der Waals surface area contributed by atoms with E-state index in [0.717, 1.165) is 106 Å². The molecule has 0 fully saturated rings. The summed E-state index contributed by atoms with van der Waals surface area (Å²) in [5, 5.41) is 23.2. The highest BCUT2D eigenvalue weighted by molar-refractivity contribution is 7.20. The molecule has 0 unspecified atom stereocenters. The van der Waals surface area contributed by atoms with E-state index in [1.165, 1.54) is 85.7 Å². The molecule has 2 aliphatic heterocycles. The minimum Gasteiger partial charge on any atom is -0.311 e. The van der Waals surface area contributed by atoms with Crippen LogP contribution in [0.1, 0.15) is 31.9 Å². The highest BCUT2D eigenvalue weighted by Crippen LogP contribution is 2.51. The molecule has 0 amide bonds. The molecule has 3 heterocycles. The first-order valence-corrected chi connectivity index (χ1v) is 47.7. The van der Waals surface area contributed by atoms with Crippen molar-refractivity contribution in [2.24, 2.45) is 0 Å². The lowest BCUT2D eigenvalue weighted by Gasteiger charge is -2.45. The zero-order valence-electron chi connectivity index (χ0n) is 70.4. The Morgan fingerprint density at radius 2 is 0.603 bits per heavy atom. The van der Waals surface area contributed by atoms with Crippen LogP contribution in [-0.4, -0.2) is 27.4 Å². The van der Waals surface area contributed by atoms with Crippen LogP contribution in [0.5, 0.6) is 0 Å². The van der Waals surface area contributed by atoms with E-state index in [9.17, 15) is 5.26 Å². The molecule has 0 aliphatic carbocycles. The van der Waals surface area contributed by atoms with Gasteiger partial charge in [-0.1, -0.05) is 409 Å². The Kier molecular flexibility index (Phi) is 19.3. The summed E-state index contributed by atoms with van der Waals surface area (Å²) >= 11 is 0. The number of rotatable bonds is 17. The van der Waals surface area contributed by atoms with Gasteiger partial charge in [-0.05, 0) is 215 Å². The van der Waals surface area contributed by atoms with Crippen LogP contribution in [0.15, 0.2) is 473 Å². The van der Waals surface area contributed by atoms with Crippen molar-refractivity contribution in [3.05, 3.63) is 484 Å². The quantitative estimate of drug-likeness (QED) is 0.0673. The Morgan fingerprint density at radius 1 is 0.246 bits per heavy atom. The number of nitrogens with zero attached hydrogens (tertiary/aromatic N) is 4. The third-order valence-electron chi connectivity index (χ3n) is 26.5. The van der Waals surface area contributed by atoms with Gasteiger partial charge in [0, 0.05) is 50.5 Å². The lowest BCUT2D eigenvalue weighted by molar-refractivity contribution is 0.591. The van der Waals surface area contributed by atoms with E-state index in [1.54, 1.807) is 0 Å². The van der Waals surface area contributed by atoms with Crippen molar-refractivity contribution in [2.45, 2.75) is 26.2 Å². The van der Waals surface area contributed by atoms with Gasteiger partial charge in [-0.25, -0.2) is 0 Å². The number of para-hydroxylation sites is 1. The largest absolute Gasteiger partial charge is 0.311 e. The second-order valence-corrected chi connectivity index (χ2v) is 42.1. The van der Waals surface area contributed by atoms with Crippen LogP contribution in [0.3, 0.4) is 0 Å². The maximum absolute atomic E-state index is 10.6. The molecule has 7 heteroatoms. The first-order chi connectivity index (χ1) is 62.1. The van der Waals surface area contributed by atoms with Gasteiger partial charge in [-0.2, -0.15) is 5.26 Å². The van der Waals surface area contributed by atoms with Crippen LogP contribution < -0.4 is 67.7 Å². The lowest BCUT2D eigenvalue weighted by Crippen LogP contribution is -2.74. The number of hydrogen-bond acceptors (Lipinski definition) is 3. The predicted molar refractivity (Wildman–Crippen MR) is 538 cm³/mol. The standard InChI is InChI=1S/C119H87BN4Si2/c1-119(2,3)95-62-72-113-108(80-95)107-73-83(82-121)55-70-112(107)123(113)97-63-69-110-115(81-97)122(96-43-21-8-22-44-96)116-78-94(88-58-66-103(67-59-88)126(100-49-27-11-28-50-100,101-51-29-12-30-52-101)105-54-32-42-91(75-105)85-35-15-5-16-36-85)79-117-118(116)120(110)109-68-60-93(77-114(109)124(117)111-71-61-92(86-37-17-6-18-38-86)76-106(111)89-39-19-7-20-40-89)87-56-64-102(65-57-87)125(98-45-23-9-24-46-98,99-47-25-10-26-48-99)104-53-31-41-90(74-104)84-33-13-4-14-34-84/h4-81H,1-3H3. The summed E-state index contributed by atoms with van der Waals surface area (Å²) in [4.78, 5) is 5.21. The molecule has 594 valence electrons. The van der Waals surface area contributed by atoms with E-state index in [0.29, 0.717) is 5.56 Å². The van der Waals surface area contributed by atoms with Gasteiger partial charge < -0.3 is 14.4 Å². The monoisotopic (exact) mass is 1640 g/mol. The first-order valence-electron chi connectivity index (χ1n) is 43.7. The maximum atomic E-state index is 10.6. The second kappa shape index (κ2) is 31.8. The molecular weight excluding hydrogens is 1550 g/mol. The van der Waals surface area contributed by atoms with Gasteiger partial charge in [0.05, 0.1) is 28.4 Å². The molecule has 1 aromatic heterocycles. The van der Waals surface area contributed by atoms with Gasteiger partial charge >= 0.3 is 0 Å². The van der Waals surface area contributed by atoms with E-state index in [1.807, 2.05) is 6.07 Å². The third-order valence-corrected chi connectivity index (χ3v) is 36.0. The predicted octanol–water partition coefficient (Wildman–Crippen LogP) is 22.8. The van der Waals surface area contributed by atoms with Gasteiger partial charge in [0.15, 0.2) is 16.1 Å². The fourth-order valence-corrected chi connectivity index (χ4v) is 30.0. The summed E-state index contributed by atoms with van der Waals surface area (Å²) in [6.45, 7) is 6.56. The highest BCUT2D eigenvalue weighted by Gasteiger charge is 2.47. The molecular formula is C119H87BN4Si2. The Labute approximate surface area is 739 Å². The average Bonchev–Trinajstić information content (AvgIpc) is 0.980. The maximum Gasteiger partial charge on any atom is 0.252 e. The van der Waals surface area contributed by atoms with Gasteiger partial charge in [0.2, 0.25) is 0 Å². The topological polar surface area (TPSA) is 35.2 Å². The van der Waals surface area contributed by atoms with Gasteiger partial charge in [-0.15, -0.1) is 0 Å². The molecule has 0 saturated heterocycles. The number of anilines is 6. The minimum absolute atomic E-state index is 0.112. The van der Waals surface area contributed by atoms with Crippen molar-refractivity contribution in [1.82, 2.24) is 4.57 Å². The molecule has 0 spiro atoms. The number of aromatic nitrogens is 1. The van der Waals surface area contributed by atoms with E-state index in [-0.39, 0.29) is 12.1 Å². The van der Waals surface area contributed by atoms with Gasteiger partial charge in [0.25, 0.3) is 6.71 Å². The van der Waals surface area contributed by atoms with Crippen molar-refractivity contribution in [1.29, 1.82) is 5.26 Å². The van der Waals surface area contributed by atoms with Crippen LogP contribution in [-0.2, 0) is 5.41 Å². The number of fused-ring (bicyclic) bond motifs is 7. The molecule has 0 bridgehead atoms. The zero-order chi connectivity index (χ0) is 84.5. The fourth-order valence-electron chi connectivity index (χ4n) is 20.5. The number of nitriles is 1. The number of hydrogen-bond donors (Lipinski definition) is 0. The van der Waals surface area contributed by atoms with Crippen LogP contribution in [0, 0.1) is 11.3 Å². The number of benzene rings is 19. The summed E-state index contributed by atoms with van der Waals surface area (Å²) in [6, 6.07) is 181. The van der Waals surface area contributed by atoms with Crippen molar-refractivity contribution in [3.63, 3.8) is 0 Å². The van der Waals surface area contributed by atoms with Crippen LogP contribution in [0.25, 0.3) is 94.3 Å². The van der Waals surface area contributed by atoms with Crippen molar-refractivity contribution < 1.29 is 0 Å². The van der Waals surface area contributed by atoms with Gasteiger partial charge in [0.1, 0.15) is 0 Å². The molecule has 0 saturated carbocycles. The lowest BCUT2D eigenvalue weighted by atomic mass is 9.33. The summed E-state index contributed by atoms with van der Waals surface area (Å²) in [5.74, 6) is 0. The molecule has 2 aliphatic rings. The normalized spacial score (nSPS) is 12.3. The molecule has 20 aromatic rings. The molecule has 19 aromatic carbocycles. The molecule has 0 atom stereocenters. The molecule has 4 nitrogen and oxygen atoms in total. The summed E-state index contributed by atoms with van der Waals surface area (Å²) in [5.41, 5.74) is 28.7. The Morgan fingerprint density at radius 3 is 1.09 bits per heavy atom. The van der Waals surface area contributed by atoms with Gasteiger partial charge in [-0.3, -0.25) is 0 Å². The van der Waals surface area contributed by atoms with E-state index >= 15 is 0 Å². The molecule has 22 rings (SSSR count). The van der Waals surface area contributed by atoms with Crippen LogP contribution in [0.2, 0.25) is 0 Å². The zero-order valence-corrected chi connectivity index (χ0v) is 72.4. The van der Waals surface area contributed by atoms with Crippen molar-refractivity contribution in [3.8, 4) is 78.5 Å². The SMILES string of the molecule is CC(C)(C)c1ccc2c(c1)c1cc(C#N)ccc1n2-c1ccc2c(c1)N(c1ccccc1)c1cc(-c3ccc([Si](c4ccccc4)(c4ccccc4)c4cccc(-c5ccccc5)c4)cc3)cc3c1B2c1ccc(-c2ccc([Si](c4ccccc4)(c4ccccc4)c4cccc(-c5ccccc5)c4)cc2)cc1N3c1ccc(-c2ccccc2)cc1-c1ccccc1. The second-order valence-electron chi connectivity index (χ2n) is 34.5. The fraction of sp³-hybridized carbons (Fsp3) is 0.0336. The van der Waals surface area contributed by atoms with E-state index in [2.05, 4.69) is 508 Å². The highest BCUT2D eigenvalue weighted by atomic mass is 28.3. The Bertz CT molecular complexity index is 7450. The molecule has 126 heavy (non-hydrogen) atoms. The summed E-state index contributed by atoms with van der Waals surface area (Å²) in [7, 11) is -6.15. The molecule has 0 N–H and O–H groups in total. The summed E-state index contributed by atoms with van der Waals surface area (Å²) < 4.78 is 2.43. The van der Waals surface area contributed by atoms with Crippen molar-refractivity contribution >= 4 is 137 Å². The van der Waals surface area contributed by atoms with Crippen LogP contribution in [0.4, 0.5) is 34.1 Å². The molecule has 0 radical (unpaired) electrons. The Hall–Kier alpha value is -15.4. The average molecular weight is 1640 g/mol. The third kappa shape index (κ3) is 13.1. The first kappa shape index (κ1) is 76.7.